The fraction of sp³-hybridized carbons (Fsp3) is 0.167. The highest BCUT2D eigenvalue weighted by Crippen LogP contribution is 2.25. The molecule has 1 aromatic carbocycles. The molecule has 0 atom stereocenters. The van der Waals surface area contributed by atoms with E-state index >= 15 is 0 Å². The summed E-state index contributed by atoms with van der Waals surface area (Å²) >= 11 is 1.37. The van der Waals surface area contributed by atoms with E-state index in [1.165, 1.54) is 24.0 Å². The molecule has 0 unspecified atom stereocenters. The number of rotatable bonds is 3. The molecule has 0 bridgehead atoms. The Morgan fingerprint density at radius 2 is 2.06 bits per heavy atom. The number of nitrogens with zero attached hydrogens (tertiary/aromatic N) is 1. The average Bonchev–Trinajstić information content (AvgIpc) is 2.79. The molecule has 0 radical (unpaired) electrons. The van der Waals surface area contributed by atoms with Gasteiger partial charge in [-0.25, -0.2) is 9.78 Å². The van der Waals surface area contributed by atoms with Gasteiger partial charge in [0.25, 0.3) is 0 Å². The lowest BCUT2D eigenvalue weighted by Crippen LogP contribution is -2.04. The van der Waals surface area contributed by atoms with Crippen LogP contribution in [0, 0.1) is 6.92 Å². The van der Waals surface area contributed by atoms with Crippen molar-refractivity contribution in [1.29, 1.82) is 0 Å². The number of carbonyl (C=O) groups is 1. The van der Waals surface area contributed by atoms with E-state index in [1.807, 2.05) is 31.2 Å². The van der Waals surface area contributed by atoms with E-state index in [-0.39, 0.29) is 0 Å². The fourth-order valence-electron chi connectivity index (χ4n) is 1.34. The maximum atomic E-state index is 11.4. The number of thiazole rings is 1. The second-order valence-electron chi connectivity index (χ2n) is 3.51. The Labute approximate surface area is 103 Å². The number of hydrogen-bond donors (Lipinski definition) is 1. The monoisotopic (exact) mass is 248 g/mol. The number of aryl methyl sites for hydroxylation is 1. The second-order valence-corrected chi connectivity index (χ2v) is 4.37. The molecule has 2 aromatic rings. The van der Waals surface area contributed by atoms with Crippen LogP contribution < -0.4 is 5.32 Å². The van der Waals surface area contributed by atoms with Crippen molar-refractivity contribution in [2.24, 2.45) is 0 Å². The third-order valence-electron chi connectivity index (χ3n) is 2.26. The first kappa shape index (κ1) is 11.6. The highest BCUT2D eigenvalue weighted by molar-refractivity contribution is 7.14. The topological polar surface area (TPSA) is 51.2 Å². The molecule has 0 aliphatic rings. The normalized spacial score (nSPS) is 10.0. The van der Waals surface area contributed by atoms with Crippen LogP contribution in [-0.4, -0.2) is 18.1 Å². The summed E-state index contributed by atoms with van der Waals surface area (Å²) in [5, 5.41) is 3.85. The minimum Gasteiger partial charge on any atom is -0.464 e. The molecule has 0 saturated heterocycles. The summed E-state index contributed by atoms with van der Waals surface area (Å²) in [5.74, 6) is -0.430. The number of benzene rings is 1. The number of methoxy groups -OCH3 is 1. The smallest absolute Gasteiger partial charge is 0.359 e. The van der Waals surface area contributed by atoms with E-state index in [0.29, 0.717) is 10.7 Å². The number of anilines is 2. The summed E-state index contributed by atoms with van der Waals surface area (Å²) in [5.41, 5.74) is 4.04. The molecule has 17 heavy (non-hydrogen) atoms. The van der Waals surface area contributed by atoms with Crippen LogP contribution in [0.5, 0.6) is 0 Å². The first-order chi connectivity index (χ1) is 8.20. The molecular weight excluding hydrogens is 236 g/mol. The van der Waals surface area contributed by atoms with Gasteiger partial charge >= 0.3 is 5.97 Å². The molecule has 0 saturated carbocycles. The van der Waals surface area contributed by atoms with Crippen molar-refractivity contribution in [2.75, 3.05) is 12.4 Å². The van der Waals surface area contributed by atoms with Crippen LogP contribution in [0.2, 0.25) is 0 Å². The Hall–Kier alpha value is -1.88. The van der Waals surface area contributed by atoms with E-state index in [4.69, 9.17) is 0 Å². The van der Waals surface area contributed by atoms with Crippen LogP contribution in [0.4, 0.5) is 10.7 Å². The van der Waals surface area contributed by atoms with Gasteiger partial charge in [0.2, 0.25) is 0 Å². The van der Waals surface area contributed by atoms with Crippen LogP contribution in [0.1, 0.15) is 16.1 Å². The Morgan fingerprint density at radius 3 is 2.71 bits per heavy atom. The van der Waals surface area contributed by atoms with Crippen molar-refractivity contribution in [3.63, 3.8) is 0 Å². The number of esters is 1. The predicted molar refractivity (Wildman–Crippen MR) is 67.9 cm³/mol. The number of nitrogens with one attached hydrogen (secondary N) is 1. The summed E-state index contributed by atoms with van der Waals surface area (Å²) < 4.78 is 4.66. The zero-order chi connectivity index (χ0) is 12.3. The van der Waals surface area contributed by atoms with Crippen molar-refractivity contribution >= 4 is 28.0 Å². The van der Waals surface area contributed by atoms with Crippen LogP contribution in [0.25, 0.3) is 0 Å². The van der Waals surface area contributed by atoms with Crippen LogP contribution in [-0.2, 0) is 4.74 Å². The van der Waals surface area contributed by atoms with E-state index in [2.05, 4.69) is 15.0 Å². The highest BCUT2D eigenvalue weighted by Gasteiger charge is 2.15. The van der Waals surface area contributed by atoms with Crippen molar-refractivity contribution in [3.8, 4) is 0 Å². The molecule has 2 rings (SSSR count). The number of hydrogen-bond acceptors (Lipinski definition) is 5. The summed E-state index contributed by atoms with van der Waals surface area (Å²) in [6.07, 6.45) is 0. The lowest BCUT2D eigenvalue weighted by Gasteiger charge is -2.05. The van der Waals surface area contributed by atoms with Gasteiger partial charge in [0.05, 0.1) is 12.6 Å². The van der Waals surface area contributed by atoms with Gasteiger partial charge in [0.15, 0.2) is 5.69 Å². The van der Waals surface area contributed by atoms with Gasteiger partial charge in [0, 0.05) is 5.69 Å². The summed E-state index contributed by atoms with van der Waals surface area (Å²) in [7, 11) is 1.34. The van der Waals surface area contributed by atoms with Crippen molar-refractivity contribution in [2.45, 2.75) is 6.92 Å². The molecule has 1 aromatic heterocycles. The third-order valence-corrected chi connectivity index (χ3v) is 3.00. The van der Waals surface area contributed by atoms with Crippen LogP contribution in [0.15, 0.2) is 29.8 Å². The Kier molecular flexibility index (Phi) is 3.39. The Morgan fingerprint density at radius 1 is 1.35 bits per heavy atom. The highest BCUT2D eigenvalue weighted by atomic mass is 32.1. The zero-order valence-electron chi connectivity index (χ0n) is 9.56. The first-order valence-corrected chi connectivity index (χ1v) is 5.94. The van der Waals surface area contributed by atoms with Crippen molar-refractivity contribution in [3.05, 3.63) is 41.0 Å². The van der Waals surface area contributed by atoms with Gasteiger partial charge in [-0.15, -0.1) is 11.3 Å². The quantitative estimate of drug-likeness (QED) is 0.848. The summed E-state index contributed by atoms with van der Waals surface area (Å²) in [6.45, 7) is 2.02. The lowest BCUT2D eigenvalue weighted by molar-refractivity contribution is 0.0596. The van der Waals surface area contributed by atoms with E-state index < -0.39 is 5.97 Å². The molecule has 4 nitrogen and oxygen atoms in total. The lowest BCUT2D eigenvalue weighted by atomic mass is 10.2. The molecule has 0 amide bonds. The SMILES string of the molecule is COC(=O)c1ncsc1Nc1ccc(C)cc1. The molecule has 0 aliphatic heterocycles. The largest absolute Gasteiger partial charge is 0.464 e. The molecular formula is C12H12N2O2S. The van der Waals surface area contributed by atoms with Crippen molar-refractivity contribution in [1.82, 2.24) is 4.98 Å². The van der Waals surface area contributed by atoms with Gasteiger partial charge in [-0.2, -0.15) is 0 Å². The van der Waals surface area contributed by atoms with Crippen molar-refractivity contribution < 1.29 is 9.53 Å². The number of ether oxygens (including phenoxy) is 1. The zero-order valence-corrected chi connectivity index (χ0v) is 10.4. The Bertz CT molecular complexity index is 520. The maximum absolute atomic E-state index is 11.4. The van der Waals surface area contributed by atoms with E-state index in [1.54, 1.807) is 5.51 Å². The number of aromatic nitrogens is 1. The van der Waals surface area contributed by atoms with Gasteiger partial charge in [-0.3, -0.25) is 0 Å². The number of carbonyl (C=O) groups excluding carboxylic acids is 1. The van der Waals surface area contributed by atoms with Crippen LogP contribution in [0.3, 0.4) is 0 Å². The average molecular weight is 248 g/mol. The molecule has 88 valence electrons. The van der Waals surface area contributed by atoms with E-state index in [9.17, 15) is 4.79 Å². The molecule has 0 fully saturated rings. The van der Waals surface area contributed by atoms with Gasteiger partial charge < -0.3 is 10.1 Å². The minimum absolute atomic E-state index is 0.318. The Balaban J connectivity index is 2.21. The van der Waals surface area contributed by atoms with Crippen LogP contribution >= 0.6 is 11.3 Å². The molecule has 0 aliphatic carbocycles. The summed E-state index contributed by atoms with van der Waals surface area (Å²) in [6, 6.07) is 7.91. The third kappa shape index (κ3) is 2.62. The molecule has 1 heterocycles. The predicted octanol–water partition coefficient (Wildman–Crippen LogP) is 2.98. The van der Waals surface area contributed by atoms with Gasteiger partial charge in [-0.1, -0.05) is 17.7 Å². The maximum Gasteiger partial charge on any atom is 0.359 e. The van der Waals surface area contributed by atoms with E-state index in [0.717, 1.165) is 5.69 Å². The standard InChI is InChI=1S/C12H12N2O2S/c1-8-3-5-9(6-4-8)14-11-10(12(15)16-2)13-7-17-11/h3-7,14H,1-2H3. The molecule has 0 spiro atoms. The molecule has 1 N–H and O–H groups in total. The molecule has 5 heteroatoms. The van der Waals surface area contributed by atoms with Gasteiger partial charge in [-0.05, 0) is 19.1 Å². The minimum atomic E-state index is -0.430. The fourth-order valence-corrected chi connectivity index (χ4v) is 2.03. The first-order valence-electron chi connectivity index (χ1n) is 5.06. The van der Waals surface area contributed by atoms with Gasteiger partial charge in [0.1, 0.15) is 5.00 Å². The second kappa shape index (κ2) is 4.97. The summed E-state index contributed by atoms with van der Waals surface area (Å²) in [4.78, 5) is 15.4.